The standard InChI is InChI=1S/C11H8F5NO/c1-2-3-4-17-11(18)5-6(12)8(14)10(16)9(15)7(5)13/h2H,1,3-4H2,(H,17,18). The highest BCUT2D eigenvalue weighted by Gasteiger charge is 2.29. The first-order chi connectivity index (χ1) is 8.41. The monoisotopic (exact) mass is 265 g/mol. The maximum atomic E-state index is 13.2. The van der Waals surface area contributed by atoms with Gasteiger partial charge in [-0.3, -0.25) is 4.79 Å². The maximum Gasteiger partial charge on any atom is 0.257 e. The van der Waals surface area contributed by atoms with E-state index in [1.807, 2.05) is 5.32 Å². The molecule has 0 aromatic heterocycles. The maximum absolute atomic E-state index is 13.2. The first-order valence-corrected chi connectivity index (χ1v) is 4.82. The Bertz CT molecular complexity index is 472. The average Bonchev–Trinajstić information content (AvgIpc) is 2.34. The van der Waals surface area contributed by atoms with E-state index in [0.29, 0.717) is 6.42 Å². The van der Waals surface area contributed by atoms with E-state index >= 15 is 0 Å². The third kappa shape index (κ3) is 2.49. The summed E-state index contributed by atoms with van der Waals surface area (Å²) in [5.74, 6) is -12.3. The molecule has 0 saturated carbocycles. The van der Waals surface area contributed by atoms with Crippen LogP contribution in [0.2, 0.25) is 0 Å². The fourth-order valence-electron chi connectivity index (χ4n) is 1.18. The molecule has 98 valence electrons. The van der Waals surface area contributed by atoms with Gasteiger partial charge in [-0.05, 0) is 6.42 Å². The molecule has 7 heteroatoms. The molecule has 0 fully saturated rings. The summed E-state index contributed by atoms with van der Waals surface area (Å²) in [5.41, 5.74) is -1.49. The predicted molar refractivity (Wildman–Crippen MR) is 53.4 cm³/mol. The Kier molecular flexibility index (Phi) is 4.41. The Morgan fingerprint density at radius 2 is 1.44 bits per heavy atom. The largest absolute Gasteiger partial charge is 0.352 e. The lowest BCUT2D eigenvalue weighted by molar-refractivity contribution is 0.0942. The molecule has 0 radical (unpaired) electrons. The van der Waals surface area contributed by atoms with Gasteiger partial charge in [0, 0.05) is 6.54 Å². The molecule has 1 N–H and O–H groups in total. The van der Waals surface area contributed by atoms with Crippen LogP contribution in [0.15, 0.2) is 12.7 Å². The van der Waals surface area contributed by atoms with Crippen molar-refractivity contribution in [2.45, 2.75) is 6.42 Å². The summed E-state index contributed by atoms with van der Waals surface area (Å²) in [6.45, 7) is 3.31. The molecule has 0 unspecified atom stereocenters. The first kappa shape index (κ1) is 14.1. The van der Waals surface area contributed by atoms with Gasteiger partial charge in [0.05, 0.1) is 0 Å². The first-order valence-electron chi connectivity index (χ1n) is 4.82. The number of rotatable bonds is 4. The molecule has 1 amide bonds. The zero-order chi connectivity index (χ0) is 13.9. The highest BCUT2D eigenvalue weighted by Crippen LogP contribution is 2.22. The van der Waals surface area contributed by atoms with Crippen LogP contribution in [0, 0.1) is 29.1 Å². The van der Waals surface area contributed by atoms with Crippen LogP contribution in [-0.4, -0.2) is 12.5 Å². The lowest BCUT2D eigenvalue weighted by Crippen LogP contribution is -2.27. The van der Waals surface area contributed by atoms with Crippen LogP contribution in [0.5, 0.6) is 0 Å². The molecule has 0 aliphatic heterocycles. The second-order valence-electron chi connectivity index (χ2n) is 3.28. The normalized spacial score (nSPS) is 10.3. The van der Waals surface area contributed by atoms with Crippen LogP contribution >= 0.6 is 0 Å². The van der Waals surface area contributed by atoms with Crippen molar-refractivity contribution in [2.24, 2.45) is 0 Å². The molecule has 0 atom stereocenters. The summed E-state index contributed by atoms with van der Waals surface area (Å²) in [5, 5.41) is 2.01. The number of halogens is 5. The SMILES string of the molecule is C=CCCNC(=O)c1c(F)c(F)c(F)c(F)c1F. The lowest BCUT2D eigenvalue weighted by atomic mass is 10.1. The van der Waals surface area contributed by atoms with Gasteiger partial charge in [-0.2, -0.15) is 0 Å². The molecule has 0 aliphatic carbocycles. The molecule has 0 spiro atoms. The van der Waals surface area contributed by atoms with Crippen molar-refractivity contribution in [1.29, 1.82) is 0 Å². The smallest absolute Gasteiger partial charge is 0.257 e. The van der Waals surface area contributed by atoms with Gasteiger partial charge in [0.2, 0.25) is 5.82 Å². The summed E-state index contributed by atoms with van der Waals surface area (Å²) in [6.07, 6.45) is 1.71. The third-order valence-electron chi connectivity index (χ3n) is 2.07. The number of nitrogens with one attached hydrogen (secondary N) is 1. The fraction of sp³-hybridized carbons (Fsp3) is 0.182. The predicted octanol–water partition coefficient (Wildman–Crippen LogP) is 2.69. The minimum absolute atomic E-state index is 0.0260. The number of hydrogen-bond acceptors (Lipinski definition) is 1. The molecular formula is C11H8F5NO. The molecular weight excluding hydrogens is 257 g/mol. The molecule has 1 aromatic rings. The van der Waals surface area contributed by atoms with Gasteiger partial charge in [0.1, 0.15) is 5.56 Å². The summed E-state index contributed by atoms with van der Waals surface area (Å²) in [4.78, 5) is 11.3. The van der Waals surface area contributed by atoms with Crippen molar-refractivity contribution in [2.75, 3.05) is 6.54 Å². The van der Waals surface area contributed by atoms with E-state index in [1.165, 1.54) is 6.08 Å². The minimum atomic E-state index is -2.30. The average molecular weight is 265 g/mol. The van der Waals surface area contributed by atoms with Crippen LogP contribution in [-0.2, 0) is 0 Å². The van der Waals surface area contributed by atoms with Crippen molar-refractivity contribution in [1.82, 2.24) is 5.32 Å². The Balaban J connectivity index is 3.16. The molecule has 0 heterocycles. The Labute approximate surface area is 99.1 Å². The van der Waals surface area contributed by atoms with Crippen molar-refractivity contribution in [3.05, 3.63) is 47.3 Å². The molecule has 1 rings (SSSR count). The highest BCUT2D eigenvalue weighted by molar-refractivity contribution is 5.94. The summed E-state index contributed by atoms with van der Waals surface area (Å²) in [6, 6.07) is 0. The van der Waals surface area contributed by atoms with Gasteiger partial charge in [-0.1, -0.05) is 6.08 Å². The highest BCUT2D eigenvalue weighted by atomic mass is 19.2. The minimum Gasteiger partial charge on any atom is -0.352 e. The zero-order valence-electron chi connectivity index (χ0n) is 9.00. The lowest BCUT2D eigenvalue weighted by Gasteiger charge is -2.08. The summed E-state index contributed by atoms with van der Waals surface area (Å²) >= 11 is 0. The third-order valence-corrected chi connectivity index (χ3v) is 2.07. The zero-order valence-corrected chi connectivity index (χ0v) is 9.00. The fourth-order valence-corrected chi connectivity index (χ4v) is 1.18. The van der Waals surface area contributed by atoms with Gasteiger partial charge in [-0.25, -0.2) is 22.0 Å². The quantitative estimate of drug-likeness (QED) is 0.293. The number of carbonyl (C=O) groups excluding carboxylic acids is 1. The van der Waals surface area contributed by atoms with Gasteiger partial charge >= 0.3 is 0 Å². The summed E-state index contributed by atoms with van der Waals surface area (Å²) in [7, 11) is 0. The van der Waals surface area contributed by atoms with Crippen molar-refractivity contribution in [3.8, 4) is 0 Å². The number of benzene rings is 1. The van der Waals surface area contributed by atoms with Gasteiger partial charge in [0.25, 0.3) is 5.91 Å². The van der Waals surface area contributed by atoms with Crippen LogP contribution in [0.3, 0.4) is 0 Å². The van der Waals surface area contributed by atoms with Gasteiger partial charge in [0.15, 0.2) is 23.3 Å². The van der Waals surface area contributed by atoms with Gasteiger partial charge in [-0.15, -0.1) is 6.58 Å². The van der Waals surface area contributed by atoms with E-state index in [9.17, 15) is 26.7 Å². The molecule has 18 heavy (non-hydrogen) atoms. The molecule has 0 aliphatic rings. The number of amides is 1. The van der Waals surface area contributed by atoms with E-state index < -0.39 is 40.6 Å². The molecule has 2 nitrogen and oxygen atoms in total. The number of hydrogen-bond donors (Lipinski definition) is 1. The Morgan fingerprint density at radius 3 is 1.89 bits per heavy atom. The van der Waals surface area contributed by atoms with Gasteiger partial charge < -0.3 is 5.32 Å². The van der Waals surface area contributed by atoms with Crippen LogP contribution < -0.4 is 5.32 Å². The van der Waals surface area contributed by atoms with Crippen LogP contribution in [0.25, 0.3) is 0 Å². The number of carbonyl (C=O) groups is 1. The van der Waals surface area contributed by atoms with E-state index in [4.69, 9.17) is 0 Å². The Hall–Kier alpha value is -1.92. The van der Waals surface area contributed by atoms with Crippen LogP contribution in [0.1, 0.15) is 16.8 Å². The van der Waals surface area contributed by atoms with E-state index in [-0.39, 0.29) is 6.54 Å². The topological polar surface area (TPSA) is 29.1 Å². The second kappa shape index (κ2) is 5.61. The van der Waals surface area contributed by atoms with E-state index in [1.54, 1.807) is 0 Å². The molecule has 0 saturated heterocycles. The van der Waals surface area contributed by atoms with Crippen molar-refractivity contribution in [3.63, 3.8) is 0 Å². The van der Waals surface area contributed by atoms with E-state index in [2.05, 4.69) is 6.58 Å². The Morgan fingerprint density at radius 1 is 1.00 bits per heavy atom. The van der Waals surface area contributed by atoms with Crippen molar-refractivity contribution >= 4 is 5.91 Å². The molecule has 0 bridgehead atoms. The summed E-state index contributed by atoms with van der Waals surface area (Å²) < 4.78 is 64.6. The van der Waals surface area contributed by atoms with Crippen molar-refractivity contribution < 1.29 is 26.7 Å². The molecule has 1 aromatic carbocycles. The van der Waals surface area contributed by atoms with E-state index in [0.717, 1.165) is 0 Å². The van der Waals surface area contributed by atoms with Crippen LogP contribution in [0.4, 0.5) is 22.0 Å². The second-order valence-corrected chi connectivity index (χ2v) is 3.28.